The van der Waals surface area contributed by atoms with Crippen molar-refractivity contribution in [2.45, 2.75) is 45.3 Å². The van der Waals surface area contributed by atoms with Crippen molar-refractivity contribution in [3.63, 3.8) is 0 Å². The van der Waals surface area contributed by atoms with Crippen LogP contribution in [-0.4, -0.2) is 36.4 Å². The number of nitrogens with zero attached hydrogens (tertiary/aromatic N) is 1. The summed E-state index contributed by atoms with van der Waals surface area (Å²) in [4.78, 5) is 12.4. The number of hydrogen-bond donors (Lipinski definition) is 2. The van der Waals surface area contributed by atoms with Gasteiger partial charge in [0.25, 0.3) is 0 Å². The molecule has 7 heteroatoms. The first kappa shape index (κ1) is 18.3. The average molecular weight is 359 g/mol. The van der Waals surface area contributed by atoms with E-state index in [2.05, 4.69) is 15.8 Å². The Morgan fingerprint density at radius 1 is 1.38 bits per heavy atom. The van der Waals surface area contributed by atoms with Gasteiger partial charge in [0.2, 0.25) is 5.91 Å². The largest absolute Gasteiger partial charge is 0.491 e. The van der Waals surface area contributed by atoms with Gasteiger partial charge in [-0.3, -0.25) is 4.79 Å². The van der Waals surface area contributed by atoms with Crippen LogP contribution in [0, 0.1) is 6.92 Å². The fraction of sp³-hybridized carbons (Fsp3) is 0.474. The van der Waals surface area contributed by atoms with E-state index < -0.39 is 0 Å². The molecule has 1 aromatic carbocycles. The third-order valence-electron chi connectivity index (χ3n) is 4.26. The summed E-state index contributed by atoms with van der Waals surface area (Å²) in [5.41, 5.74) is 0.854. The average Bonchev–Trinajstić information content (AvgIpc) is 3.30. The number of carbonyl (C=O) groups excluding carboxylic acids is 1. The third-order valence-corrected chi connectivity index (χ3v) is 4.26. The van der Waals surface area contributed by atoms with E-state index in [0.29, 0.717) is 24.6 Å². The Labute approximate surface area is 153 Å². The van der Waals surface area contributed by atoms with Gasteiger partial charge in [0.15, 0.2) is 5.82 Å². The van der Waals surface area contributed by atoms with Gasteiger partial charge in [-0.2, -0.15) is 0 Å². The smallest absolute Gasteiger partial charge is 0.248 e. The minimum Gasteiger partial charge on any atom is -0.491 e. The molecule has 1 aliphatic rings. The molecule has 0 spiro atoms. The maximum atomic E-state index is 12.4. The van der Waals surface area contributed by atoms with E-state index in [-0.39, 0.29) is 18.1 Å². The highest BCUT2D eigenvalue weighted by Gasteiger charge is 2.18. The Kier molecular flexibility index (Phi) is 6.12. The predicted molar refractivity (Wildman–Crippen MR) is 98.5 cm³/mol. The van der Waals surface area contributed by atoms with Gasteiger partial charge in [-0.25, -0.2) is 0 Å². The number of ether oxygens (including phenoxy) is 2. The summed E-state index contributed by atoms with van der Waals surface area (Å²) in [5.74, 6) is 1.71. The van der Waals surface area contributed by atoms with Crippen molar-refractivity contribution in [1.82, 2.24) is 5.16 Å². The van der Waals surface area contributed by atoms with E-state index in [1.165, 1.54) is 0 Å². The topological polar surface area (TPSA) is 85.6 Å². The molecule has 26 heavy (non-hydrogen) atoms. The molecule has 0 bridgehead atoms. The maximum absolute atomic E-state index is 12.4. The molecule has 2 aromatic rings. The van der Waals surface area contributed by atoms with Crippen LogP contribution < -0.4 is 15.4 Å². The molecule has 2 heterocycles. The number of anilines is 2. The van der Waals surface area contributed by atoms with Crippen molar-refractivity contribution in [2.24, 2.45) is 0 Å². The molecule has 7 nitrogen and oxygen atoms in total. The van der Waals surface area contributed by atoms with Crippen LogP contribution >= 0.6 is 0 Å². The van der Waals surface area contributed by atoms with Gasteiger partial charge >= 0.3 is 0 Å². The molecule has 0 radical (unpaired) electrons. The molecule has 2 atom stereocenters. The van der Waals surface area contributed by atoms with Crippen molar-refractivity contribution in [1.29, 1.82) is 0 Å². The van der Waals surface area contributed by atoms with Crippen LogP contribution in [0.5, 0.6) is 5.75 Å². The second-order valence-corrected chi connectivity index (χ2v) is 6.39. The summed E-state index contributed by atoms with van der Waals surface area (Å²) in [5, 5.41) is 9.76. The summed E-state index contributed by atoms with van der Waals surface area (Å²) >= 11 is 0. The van der Waals surface area contributed by atoms with Gasteiger partial charge < -0.3 is 24.6 Å². The summed E-state index contributed by atoms with van der Waals surface area (Å²) in [6, 6.07) is 8.91. The zero-order valence-corrected chi connectivity index (χ0v) is 15.2. The second kappa shape index (κ2) is 8.71. The standard InChI is InChI=1S/C19H25N3O4/c1-3-17(19(23)21-18-11-13(2)26-22-18)20-14-6-8-15(9-7-14)25-12-16-5-4-10-24-16/h6-9,11,16-17,20H,3-5,10,12H2,1-2H3,(H,21,22,23)/t16-,17+/m1/s1. The molecule has 140 valence electrons. The summed E-state index contributed by atoms with van der Waals surface area (Å²) in [6.45, 7) is 5.13. The normalized spacial score (nSPS) is 17.7. The predicted octanol–water partition coefficient (Wildman–Crippen LogP) is 3.37. The molecule has 1 fully saturated rings. The first-order valence-corrected chi connectivity index (χ1v) is 8.99. The van der Waals surface area contributed by atoms with Crippen LogP contribution in [-0.2, 0) is 9.53 Å². The van der Waals surface area contributed by atoms with Crippen LogP contribution in [0.25, 0.3) is 0 Å². The molecule has 1 aromatic heterocycles. The lowest BCUT2D eigenvalue weighted by Gasteiger charge is -2.17. The Bertz CT molecular complexity index is 708. The first-order chi connectivity index (χ1) is 12.6. The summed E-state index contributed by atoms with van der Waals surface area (Å²) < 4.78 is 16.3. The fourth-order valence-electron chi connectivity index (χ4n) is 2.81. The zero-order valence-electron chi connectivity index (χ0n) is 15.2. The number of benzene rings is 1. The van der Waals surface area contributed by atoms with E-state index in [1.54, 1.807) is 13.0 Å². The number of aryl methyl sites for hydroxylation is 1. The van der Waals surface area contributed by atoms with Crippen molar-refractivity contribution < 1.29 is 18.8 Å². The van der Waals surface area contributed by atoms with Gasteiger partial charge in [-0.05, 0) is 50.5 Å². The Hall–Kier alpha value is -2.54. The highest BCUT2D eigenvalue weighted by molar-refractivity contribution is 5.95. The highest BCUT2D eigenvalue weighted by atomic mass is 16.5. The van der Waals surface area contributed by atoms with Crippen LogP contribution in [0.4, 0.5) is 11.5 Å². The Morgan fingerprint density at radius 3 is 2.81 bits per heavy atom. The molecular formula is C19H25N3O4. The van der Waals surface area contributed by atoms with Crippen LogP contribution in [0.3, 0.4) is 0 Å². The van der Waals surface area contributed by atoms with Gasteiger partial charge in [0.05, 0.1) is 6.10 Å². The molecule has 1 aliphatic heterocycles. The third kappa shape index (κ3) is 4.98. The fourth-order valence-corrected chi connectivity index (χ4v) is 2.81. The second-order valence-electron chi connectivity index (χ2n) is 6.39. The minimum absolute atomic E-state index is 0.153. The molecule has 0 unspecified atom stereocenters. The zero-order chi connectivity index (χ0) is 18.4. The van der Waals surface area contributed by atoms with Crippen molar-refractivity contribution in [3.8, 4) is 5.75 Å². The van der Waals surface area contributed by atoms with Crippen LogP contribution in [0.15, 0.2) is 34.9 Å². The number of rotatable bonds is 8. The number of hydrogen-bond acceptors (Lipinski definition) is 6. The summed E-state index contributed by atoms with van der Waals surface area (Å²) in [7, 11) is 0. The SMILES string of the molecule is CC[C@H](Nc1ccc(OC[C@H]2CCCO2)cc1)C(=O)Nc1cc(C)on1. The van der Waals surface area contributed by atoms with Crippen LogP contribution in [0.1, 0.15) is 31.9 Å². The number of nitrogens with one attached hydrogen (secondary N) is 2. The van der Waals surface area contributed by atoms with Crippen molar-refractivity contribution in [3.05, 3.63) is 36.1 Å². The highest BCUT2D eigenvalue weighted by Crippen LogP contribution is 2.19. The van der Waals surface area contributed by atoms with Gasteiger partial charge in [-0.1, -0.05) is 12.1 Å². The molecule has 1 saturated heterocycles. The van der Waals surface area contributed by atoms with E-state index in [4.69, 9.17) is 14.0 Å². The number of amides is 1. The Balaban J connectivity index is 1.51. The van der Waals surface area contributed by atoms with Gasteiger partial charge in [-0.15, -0.1) is 0 Å². The molecule has 3 rings (SSSR count). The molecular weight excluding hydrogens is 334 g/mol. The van der Waals surface area contributed by atoms with Gasteiger partial charge in [0, 0.05) is 18.4 Å². The minimum atomic E-state index is -0.370. The molecule has 2 N–H and O–H groups in total. The number of carbonyl (C=O) groups is 1. The molecule has 0 aliphatic carbocycles. The van der Waals surface area contributed by atoms with E-state index in [1.807, 2.05) is 31.2 Å². The summed E-state index contributed by atoms with van der Waals surface area (Å²) in [6.07, 6.45) is 2.99. The van der Waals surface area contributed by atoms with Crippen molar-refractivity contribution in [2.75, 3.05) is 23.8 Å². The molecule has 0 saturated carbocycles. The lowest BCUT2D eigenvalue weighted by Crippen LogP contribution is -2.34. The lowest BCUT2D eigenvalue weighted by atomic mass is 10.2. The van der Waals surface area contributed by atoms with Crippen LogP contribution in [0.2, 0.25) is 0 Å². The van der Waals surface area contributed by atoms with E-state index >= 15 is 0 Å². The van der Waals surface area contributed by atoms with E-state index in [9.17, 15) is 4.79 Å². The monoisotopic (exact) mass is 359 g/mol. The van der Waals surface area contributed by atoms with Crippen molar-refractivity contribution >= 4 is 17.4 Å². The molecule has 1 amide bonds. The number of aromatic nitrogens is 1. The quantitative estimate of drug-likeness (QED) is 0.752. The Morgan fingerprint density at radius 2 is 2.19 bits per heavy atom. The first-order valence-electron chi connectivity index (χ1n) is 8.99. The maximum Gasteiger partial charge on any atom is 0.248 e. The van der Waals surface area contributed by atoms with E-state index in [0.717, 1.165) is 30.9 Å². The van der Waals surface area contributed by atoms with Gasteiger partial charge in [0.1, 0.15) is 24.2 Å². The lowest BCUT2D eigenvalue weighted by molar-refractivity contribution is -0.117.